The number of carbonyl (C=O) groups is 1. The van der Waals surface area contributed by atoms with Crippen LogP contribution >= 0.6 is 0 Å². The number of nitrogens with zero attached hydrogens (tertiary/aromatic N) is 1. The van der Waals surface area contributed by atoms with Gasteiger partial charge in [0.2, 0.25) is 0 Å². The molecule has 0 amide bonds. The molecule has 0 aliphatic rings. The van der Waals surface area contributed by atoms with Gasteiger partial charge >= 0.3 is 5.97 Å². The highest BCUT2D eigenvalue weighted by molar-refractivity contribution is 5.87. The number of hydrogen-bond acceptors (Lipinski definition) is 5. The fourth-order valence-corrected chi connectivity index (χ4v) is 0.962. The maximum atomic E-state index is 11.0. The minimum absolute atomic E-state index is 0.276. The SMILES string of the molecule is CNCCOc1ccc(C(=O)OC)nc1. The fourth-order valence-electron chi connectivity index (χ4n) is 0.962. The average molecular weight is 210 g/mol. The number of nitrogens with one attached hydrogen (secondary N) is 1. The molecule has 5 heteroatoms. The zero-order valence-electron chi connectivity index (χ0n) is 8.82. The molecule has 0 aromatic carbocycles. The van der Waals surface area contributed by atoms with E-state index >= 15 is 0 Å². The van der Waals surface area contributed by atoms with Crippen molar-refractivity contribution in [2.45, 2.75) is 0 Å². The molecular weight excluding hydrogens is 196 g/mol. The summed E-state index contributed by atoms with van der Waals surface area (Å²) in [7, 11) is 3.17. The molecule has 0 saturated heterocycles. The maximum Gasteiger partial charge on any atom is 0.356 e. The van der Waals surface area contributed by atoms with Gasteiger partial charge in [0.25, 0.3) is 0 Å². The Morgan fingerprint density at radius 3 is 2.87 bits per heavy atom. The number of hydrogen-bond donors (Lipinski definition) is 1. The first kappa shape index (κ1) is 11.5. The topological polar surface area (TPSA) is 60.5 Å². The van der Waals surface area contributed by atoms with Crippen molar-refractivity contribution >= 4 is 5.97 Å². The Morgan fingerprint density at radius 1 is 1.53 bits per heavy atom. The Kier molecular flexibility index (Phi) is 4.56. The van der Waals surface area contributed by atoms with Crippen LogP contribution in [0.3, 0.4) is 0 Å². The third kappa shape index (κ3) is 3.55. The van der Waals surface area contributed by atoms with E-state index in [1.54, 1.807) is 12.1 Å². The molecule has 0 atom stereocenters. The number of esters is 1. The van der Waals surface area contributed by atoms with Crippen molar-refractivity contribution in [1.82, 2.24) is 10.3 Å². The van der Waals surface area contributed by atoms with Gasteiger partial charge in [-0.2, -0.15) is 0 Å². The quantitative estimate of drug-likeness (QED) is 0.565. The number of methoxy groups -OCH3 is 1. The lowest BCUT2D eigenvalue weighted by molar-refractivity contribution is 0.0594. The first-order valence-electron chi connectivity index (χ1n) is 4.59. The van der Waals surface area contributed by atoms with Crippen LogP contribution in [-0.4, -0.2) is 38.3 Å². The van der Waals surface area contributed by atoms with E-state index < -0.39 is 5.97 Å². The third-order valence-corrected chi connectivity index (χ3v) is 1.75. The molecule has 0 aliphatic heterocycles. The zero-order valence-corrected chi connectivity index (χ0v) is 8.82. The van der Waals surface area contributed by atoms with Crippen LogP contribution in [0, 0.1) is 0 Å². The van der Waals surface area contributed by atoms with Gasteiger partial charge in [-0.25, -0.2) is 9.78 Å². The summed E-state index contributed by atoms with van der Waals surface area (Å²) in [6, 6.07) is 3.26. The summed E-state index contributed by atoms with van der Waals surface area (Å²) in [4.78, 5) is 15.0. The van der Waals surface area contributed by atoms with E-state index in [4.69, 9.17) is 4.74 Å². The number of pyridine rings is 1. The van der Waals surface area contributed by atoms with Gasteiger partial charge in [0.1, 0.15) is 18.1 Å². The summed E-state index contributed by atoms with van der Waals surface area (Å²) >= 11 is 0. The maximum absolute atomic E-state index is 11.0. The minimum atomic E-state index is -0.447. The molecule has 0 fully saturated rings. The Balaban J connectivity index is 2.52. The van der Waals surface area contributed by atoms with Crippen molar-refractivity contribution in [3.05, 3.63) is 24.0 Å². The van der Waals surface area contributed by atoms with Crippen molar-refractivity contribution in [2.75, 3.05) is 27.3 Å². The number of carbonyl (C=O) groups excluding carboxylic acids is 1. The second-order valence-corrected chi connectivity index (χ2v) is 2.82. The third-order valence-electron chi connectivity index (χ3n) is 1.75. The van der Waals surface area contributed by atoms with Gasteiger partial charge in [-0.05, 0) is 19.2 Å². The number of likely N-dealkylation sites (N-methyl/N-ethyl adjacent to an activating group) is 1. The molecular formula is C10H14N2O3. The molecule has 1 aromatic rings. The fraction of sp³-hybridized carbons (Fsp3) is 0.400. The number of rotatable bonds is 5. The summed E-state index contributed by atoms with van der Waals surface area (Å²) in [6.07, 6.45) is 1.50. The standard InChI is InChI=1S/C10H14N2O3/c1-11-5-6-15-8-3-4-9(12-7-8)10(13)14-2/h3-4,7,11H,5-6H2,1-2H3. The number of ether oxygens (including phenoxy) is 2. The lowest BCUT2D eigenvalue weighted by atomic mass is 10.3. The van der Waals surface area contributed by atoms with Gasteiger partial charge in [0.05, 0.1) is 13.3 Å². The van der Waals surface area contributed by atoms with Gasteiger partial charge in [0, 0.05) is 6.54 Å². The van der Waals surface area contributed by atoms with E-state index in [-0.39, 0.29) is 5.69 Å². The van der Waals surface area contributed by atoms with Crippen molar-refractivity contribution in [3.8, 4) is 5.75 Å². The van der Waals surface area contributed by atoms with Crippen molar-refractivity contribution in [1.29, 1.82) is 0 Å². The monoisotopic (exact) mass is 210 g/mol. The Morgan fingerprint density at radius 2 is 2.33 bits per heavy atom. The Labute approximate surface area is 88.4 Å². The molecule has 0 unspecified atom stereocenters. The van der Waals surface area contributed by atoms with Gasteiger partial charge in [-0.1, -0.05) is 0 Å². The second-order valence-electron chi connectivity index (χ2n) is 2.82. The summed E-state index contributed by atoms with van der Waals surface area (Å²) in [5.41, 5.74) is 0.276. The smallest absolute Gasteiger partial charge is 0.356 e. The molecule has 0 radical (unpaired) electrons. The molecule has 5 nitrogen and oxygen atoms in total. The largest absolute Gasteiger partial charge is 0.491 e. The van der Waals surface area contributed by atoms with Gasteiger partial charge in [-0.3, -0.25) is 0 Å². The molecule has 0 saturated carbocycles. The second kappa shape index (κ2) is 5.98. The van der Waals surface area contributed by atoms with Crippen LogP contribution in [0.1, 0.15) is 10.5 Å². The molecule has 1 heterocycles. The lowest BCUT2D eigenvalue weighted by Crippen LogP contribution is -2.16. The van der Waals surface area contributed by atoms with E-state index in [1.807, 2.05) is 7.05 Å². The van der Waals surface area contributed by atoms with Crippen molar-refractivity contribution in [3.63, 3.8) is 0 Å². The van der Waals surface area contributed by atoms with Crippen LogP contribution in [0.4, 0.5) is 0 Å². The van der Waals surface area contributed by atoms with Gasteiger partial charge in [-0.15, -0.1) is 0 Å². The van der Waals surface area contributed by atoms with Crippen LogP contribution in [0.25, 0.3) is 0 Å². The van der Waals surface area contributed by atoms with Crippen LogP contribution in [-0.2, 0) is 4.74 Å². The van der Waals surface area contributed by atoms with Gasteiger partial charge < -0.3 is 14.8 Å². The predicted molar refractivity (Wildman–Crippen MR) is 55.0 cm³/mol. The van der Waals surface area contributed by atoms with Crippen molar-refractivity contribution in [2.24, 2.45) is 0 Å². The van der Waals surface area contributed by atoms with E-state index in [0.29, 0.717) is 12.4 Å². The number of aromatic nitrogens is 1. The summed E-state index contributed by atoms with van der Waals surface area (Å²) in [5, 5.41) is 2.96. The van der Waals surface area contributed by atoms with E-state index in [2.05, 4.69) is 15.0 Å². The normalized spacial score (nSPS) is 9.73. The van der Waals surface area contributed by atoms with Crippen LogP contribution in [0.5, 0.6) is 5.75 Å². The highest BCUT2D eigenvalue weighted by atomic mass is 16.5. The molecule has 0 spiro atoms. The summed E-state index contributed by atoms with van der Waals surface area (Å²) in [6.45, 7) is 1.33. The van der Waals surface area contributed by atoms with Crippen LogP contribution in [0.2, 0.25) is 0 Å². The molecule has 1 aromatic heterocycles. The van der Waals surface area contributed by atoms with E-state index in [9.17, 15) is 4.79 Å². The summed E-state index contributed by atoms with van der Waals surface area (Å²) < 4.78 is 9.86. The average Bonchev–Trinajstić information content (AvgIpc) is 2.29. The minimum Gasteiger partial charge on any atom is -0.491 e. The Bertz CT molecular complexity index is 311. The first-order valence-corrected chi connectivity index (χ1v) is 4.59. The highest BCUT2D eigenvalue weighted by Gasteiger charge is 2.05. The van der Waals surface area contributed by atoms with Crippen LogP contribution in [0.15, 0.2) is 18.3 Å². The zero-order chi connectivity index (χ0) is 11.1. The molecule has 1 rings (SSSR count). The van der Waals surface area contributed by atoms with E-state index in [1.165, 1.54) is 13.3 Å². The first-order chi connectivity index (χ1) is 7.27. The predicted octanol–water partition coefficient (Wildman–Crippen LogP) is 0.466. The van der Waals surface area contributed by atoms with E-state index in [0.717, 1.165) is 6.54 Å². The van der Waals surface area contributed by atoms with Gasteiger partial charge in [0.15, 0.2) is 0 Å². The molecule has 15 heavy (non-hydrogen) atoms. The van der Waals surface area contributed by atoms with Crippen molar-refractivity contribution < 1.29 is 14.3 Å². The molecule has 1 N–H and O–H groups in total. The molecule has 82 valence electrons. The molecule has 0 aliphatic carbocycles. The molecule has 0 bridgehead atoms. The highest BCUT2D eigenvalue weighted by Crippen LogP contribution is 2.09. The Hall–Kier alpha value is -1.62. The lowest BCUT2D eigenvalue weighted by Gasteiger charge is -2.05. The summed E-state index contributed by atoms with van der Waals surface area (Å²) in [5.74, 6) is 0.190. The van der Waals surface area contributed by atoms with Crippen LogP contribution < -0.4 is 10.1 Å².